The van der Waals surface area contributed by atoms with E-state index in [1.165, 1.54) is 6.08 Å². The molecule has 0 spiro atoms. The number of rotatable bonds is 0. The van der Waals surface area contributed by atoms with Crippen molar-refractivity contribution in [3.8, 4) is 0 Å². The summed E-state index contributed by atoms with van der Waals surface area (Å²) in [6.07, 6.45) is 2.35. The molecule has 0 unspecified atom stereocenters. The first-order valence-electron chi connectivity index (χ1n) is 2.61. The van der Waals surface area contributed by atoms with Crippen molar-refractivity contribution in [3.05, 3.63) is 36.0 Å². The largest absolute Gasteiger partial charge is 0.211 e. The van der Waals surface area contributed by atoms with Gasteiger partial charge in [0.05, 0.1) is 0 Å². The molecule has 0 amide bonds. The van der Waals surface area contributed by atoms with E-state index in [4.69, 9.17) is 0 Å². The van der Waals surface area contributed by atoms with Crippen molar-refractivity contribution in [2.45, 2.75) is 6.42 Å². The van der Waals surface area contributed by atoms with E-state index in [0.717, 1.165) is 6.08 Å². The molecule has 0 heterocycles. The minimum Gasteiger partial charge on any atom is -0.211 e. The van der Waals surface area contributed by atoms with E-state index in [1.54, 1.807) is 0 Å². The smallest absolute Gasteiger partial charge is 0.126 e. The molecule has 0 nitrogen and oxygen atoms in total. The molecule has 1 rings (SSSR count). The van der Waals surface area contributed by atoms with Crippen LogP contribution in [0.1, 0.15) is 6.42 Å². The van der Waals surface area contributed by atoms with Gasteiger partial charge in [0.1, 0.15) is 11.7 Å². The van der Waals surface area contributed by atoms with E-state index < -0.39 is 5.83 Å². The number of hydrogen-bond acceptors (Lipinski definition) is 0. The van der Waals surface area contributed by atoms with Crippen molar-refractivity contribution in [2.75, 3.05) is 0 Å². The molecule has 0 saturated carbocycles. The lowest BCUT2D eigenvalue weighted by Gasteiger charge is -2.02. The van der Waals surface area contributed by atoms with E-state index in [2.05, 4.69) is 6.58 Å². The minimum atomic E-state index is -0.420. The van der Waals surface area contributed by atoms with Crippen LogP contribution < -0.4 is 0 Å². The summed E-state index contributed by atoms with van der Waals surface area (Å²) in [5.41, 5.74) is 0.124. The zero-order valence-corrected chi connectivity index (χ0v) is 4.82. The van der Waals surface area contributed by atoms with Gasteiger partial charge in [0, 0.05) is 12.0 Å². The summed E-state index contributed by atoms with van der Waals surface area (Å²) < 4.78 is 24.5. The van der Waals surface area contributed by atoms with Crippen molar-refractivity contribution in [1.29, 1.82) is 0 Å². The third-order valence-electron chi connectivity index (χ3n) is 1.11. The van der Waals surface area contributed by atoms with Gasteiger partial charge in [-0.25, -0.2) is 8.78 Å². The van der Waals surface area contributed by atoms with Crippen molar-refractivity contribution in [1.82, 2.24) is 0 Å². The predicted molar refractivity (Wildman–Crippen MR) is 32.1 cm³/mol. The Bertz CT molecular complexity index is 199. The van der Waals surface area contributed by atoms with Crippen LogP contribution >= 0.6 is 0 Å². The molecule has 1 aliphatic rings. The molecule has 0 radical (unpaired) electrons. The van der Waals surface area contributed by atoms with E-state index in [9.17, 15) is 8.78 Å². The second-order valence-corrected chi connectivity index (χ2v) is 1.87. The first-order valence-corrected chi connectivity index (χ1v) is 2.61. The van der Waals surface area contributed by atoms with Crippen LogP contribution in [0.4, 0.5) is 8.78 Å². The Morgan fingerprint density at radius 2 is 2.11 bits per heavy atom. The summed E-state index contributed by atoms with van der Waals surface area (Å²) in [6.45, 7) is 3.29. The Balaban J connectivity index is 2.82. The van der Waals surface area contributed by atoms with E-state index >= 15 is 0 Å². The molecular formula is C7H6F2. The first-order chi connectivity index (χ1) is 4.20. The molecule has 9 heavy (non-hydrogen) atoms. The zero-order valence-electron chi connectivity index (χ0n) is 4.82. The Morgan fingerprint density at radius 1 is 1.44 bits per heavy atom. The SMILES string of the molecule is C=C1C=C(F)CC=C1F. The second kappa shape index (κ2) is 2.13. The molecule has 0 aliphatic heterocycles. The molecule has 2 heteroatoms. The highest BCUT2D eigenvalue weighted by Crippen LogP contribution is 2.22. The molecule has 48 valence electrons. The van der Waals surface area contributed by atoms with Crippen LogP contribution in [0.2, 0.25) is 0 Å². The molecule has 0 aromatic carbocycles. The van der Waals surface area contributed by atoms with Crippen LogP contribution in [-0.4, -0.2) is 0 Å². The van der Waals surface area contributed by atoms with Crippen molar-refractivity contribution < 1.29 is 8.78 Å². The minimum absolute atomic E-state index is 0.0604. The van der Waals surface area contributed by atoms with Gasteiger partial charge >= 0.3 is 0 Å². The lowest BCUT2D eigenvalue weighted by Crippen LogP contribution is -1.86. The van der Waals surface area contributed by atoms with Gasteiger partial charge in [-0.3, -0.25) is 0 Å². The summed E-state index contributed by atoms with van der Waals surface area (Å²) in [5, 5.41) is 0. The zero-order chi connectivity index (χ0) is 6.85. The normalized spacial score (nSPS) is 19.1. The summed E-state index contributed by atoms with van der Waals surface area (Å²) >= 11 is 0. The Labute approximate surface area is 52.2 Å². The lowest BCUT2D eigenvalue weighted by molar-refractivity contribution is 0.588. The van der Waals surface area contributed by atoms with Gasteiger partial charge in [-0.2, -0.15) is 0 Å². The van der Waals surface area contributed by atoms with Crippen LogP contribution in [0.25, 0.3) is 0 Å². The van der Waals surface area contributed by atoms with Gasteiger partial charge < -0.3 is 0 Å². The van der Waals surface area contributed by atoms with Crippen molar-refractivity contribution in [3.63, 3.8) is 0 Å². The Morgan fingerprint density at radius 3 is 2.56 bits per heavy atom. The average molecular weight is 128 g/mol. The molecule has 0 bridgehead atoms. The third-order valence-corrected chi connectivity index (χ3v) is 1.11. The van der Waals surface area contributed by atoms with Gasteiger partial charge in [-0.05, 0) is 12.2 Å². The molecule has 0 N–H and O–H groups in total. The Hall–Kier alpha value is -0.920. The van der Waals surface area contributed by atoms with Crippen molar-refractivity contribution >= 4 is 0 Å². The highest BCUT2D eigenvalue weighted by molar-refractivity contribution is 5.38. The Kier molecular flexibility index (Phi) is 1.47. The molecular weight excluding hydrogens is 122 g/mol. The first kappa shape index (κ1) is 6.20. The van der Waals surface area contributed by atoms with Gasteiger partial charge in [-0.15, -0.1) is 0 Å². The fourth-order valence-corrected chi connectivity index (χ4v) is 0.635. The maximum absolute atomic E-state index is 12.3. The van der Waals surface area contributed by atoms with E-state index in [1.807, 2.05) is 0 Å². The van der Waals surface area contributed by atoms with Crippen LogP contribution in [0.15, 0.2) is 36.0 Å². The monoisotopic (exact) mass is 128 g/mol. The quantitative estimate of drug-likeness (QED) is 0.470. The number of allylic oxidation sites excluding steroid dienone is 5. The fourth-order valence-electron chi connectivity index (χ4n) is 0.635. The fraction of sp³-hybridized carbons (Fsp3) is 0.143. The average Bonchev–Trinajstić information content (AvgIpc) is 1.80. The van der Waals surface area contributed by atoms with Gasteiger partial charge in [0.2, 0.25) is 0 Å². The highest BCUT2D eigenvalue weighted by Gasteiger charge is 2.06. The van der Waals surface area contributed by atoms with Crippen LogP contribution in [-0.2, 0) is 0 Å². The van der Waals surface area contributed by atoms with Gasteiger partial charge in [-0.1, -0.05) is 6.58 Å². The summed E-state index contributed by atoms with van der Waals surface area (Å²) in [4.78, 5) is 0. The predicted octanol–water partition coefficient (Wildman–Crippen LogP) is 2.65. The van der Waals surface area contributed by atoms with E-state index in [-0.39, 0.29) is 17.8 Å². The van der Waals surface area contributed by atoms with Gasteiger partial charge in [0.25, 0.3) is 0 Å². The number of hydrogen-bond donors (Lipinski definition) is 0. The summed E-state index contributed by atoms with van der Waals surface area (Å²) in [7, 11) is 0. The lowest BCUT2D eigenvalue weighted by atomic mass is 10.1. The van der Waals surface area contributed by atoms with Crippen molar-refractivity contribution in [2.24, 2.45) is 0 Å². The van der Waals surface area contributed by atoms with Crippen LogP contribution in [0.5, 0.6) is 0 Å². The van der Waals surface area contributed by atoms with Gasteiger partial charge in [0.15, 0.2) is 0 Å². The summed E-state index contributed by atoms with van der Waals surface area (Å²) in [5.74, 6) is -0.752. The summed E-state index contributed by atoms with van der Waals surface area (Å²) in [6, 6.07) is 0. The van der Waals surface area contributed by atoms with Crippen LogP contribution in [0, 0.1) is 0 Å². The highest BCUT2D eigenvalue weighted by atomic mass is 19.1. The van der Waals surface area contributed by atoms with E-state index in [0.29, 0.717) is 0 Å². The topological polar surface area (TPSA) is 0 Å². The molecule has 0 aromatic rings. The maximum Gasteiger partial charge on any atom is 0.126 e. The maximum atomic E-state index is 12.3. The number of halogens is 2. The molecule has 0 saturated heterocycles. The molecule has 0 fully saturated rings. The second-order valence-electron chi connectivity index (χ2n) is 1.87. The molecule has 1 aliphatic carbocycles. The standard InChI is InChI=1S/C7H6F2/c1-5-4-6(8)2-3-7(5)9/h3-4H,1-2H2. The third kappa shape index (κ3) is 1.25. The molecule has 0 aromatic heterocycles. The van der Waals surface area contributed by atoms with Crippen LogP contribution in [0.3, 0.4) is 0 Å². The molecule has 0 atom stereocenters.